The zero-order valence-electron chi connectivity index (χ0n) is 16.2. The molecule has 4 rings (SSSR count). The Balaban J connectivity index is 1.38. The lowest BCUT2D eigenvalue weighted by molar-refractivity contribution is -0.120. The van der Waals surface area contributed by atoms with Gasteiger partial charge in [-0.1, -0.05) is 36.4 Å². The van der Waals surface area contributed by atoms with Crippen LogP contribution in [-0.4, -0.2) is 34.1 Å². The summed E-state index contributed by atoms with van der Waals surface area (Å²) in [7, 11) is 0. The Morgan fingerprint density at radius 1 is 1.00 bits per heavy atom. The van der Waals surface area contributed by atoms with E-state index in [9.17, 15) is 9.90 Å². The molecule has 0 unspecified atom stereocenters. The third-order valence-electron chi connectivity index (χ3n) is 5.27. The number of phenolic OH excluding ortho intramolecular Hbond substituents is 1. The fourth-order valence-electron chi connectivity index (χ4n) is 3.66. The fraction of sp³-hybridized carbons (Fsp3) is 0.261. The summed E-state index contributed by atoms with van der Waals surface area (Å²) in [5.41, 5.74) is 2.70. The summed E-state index contributed by atoms with van der Waals surface area (Å²) in [5.74, 6) is 0.654. The van der Waals surface area contributed by atoms with Crippen LogP contribution in [0, 0.1) is 5.92 Å². The smallest absolute Gasteiger partial charge is 0.227 e. The quantitative estimate of drug-likeness (QED) is 0.653. The molecule has 1 saturated heterocycles. The van der Waals surface area contributed by atoms with Crippen molar-refractivity contribution < 1.29 is 9.90 Å². The van der Waals surface area contributed by atoms with Gasteiger partial charge in [0.05, 0.1) is 5.69 Å². The number of benzene rings is 2. The Morgan fingerprint density at radius 2 is 1.72 bits per heavy atom. The predicted octanol–water partition coefficient (Wildman–Crippen LogP) is 3.63. The number of carbonyl (C=O) groups excluding carboxylic acids is 1. The molecule has 1 fully saturated rings. The molecule has 6 nitrogen and oxygen atoms in total. The van der Waals surface area contributed by atoms with Gasteiger partial charge in [0.25, 0.3) is 0 Å². The number of nitrogens with zero attached hydrogens (tertiary/aromatic N) is 3. The molecule has 0 bridgehead atoms. The Hall–Kier alpha value is -3.41. The number of carbonyl (C=O) groups is 1. The Morgan fingerprint density at radius 3 is 2.45 bits per heavy atom. The molecular formula is C23H24N4O2. The van der Waals surface area contributed by atoms with Crippen molar-refractivity contribution in [3.05, 3.63) is 78.1 Å². The standard InChI is InChI=1S/C23H24N4O2/c28-21-8-7-18(15-17-5-2-1-3-6-17)16-20(21)26-22(29)19-9-13-27(14-10-19)23-24-11-4-12-25-23/h1-8,11-12,16,19,28H,9-10,13-15H2,(H,26,29). The topological polar surface area (TPSA) is 78.4 Å². The van der Waals surface area contributed by atoms with Crippen LogP contribution in [0.25, 0.3) is 0 Å². The average Bonchev–Trinajstić information content (AvgIpc) is 2.77. The molecule has 0 atom stereocenters. The minimum atomic E-state index is -0.0906. The zero-order chi connectivity index (χ0) is 20.1. The summed E-state index contributed by atoms with van der Waals surface area (Å²) >= 11 is 0. The van der Waals surface area contributed by atoms with Crippen LogP contribution in [0.15, 0.2) is 67.0 Å². The summed E-state index contributed by atoms with van der Waals surface area (Å²) in [6, 6.07) is 17.3. The van der Waals surface area contributed by atoms with E-state index < -0.39 is 0 Å². The van der Waals surface area contributed by atoms with Crippen molar-refractivity contribution in [3.8, 4) is 5.75 Å². The lowest BCUT2D eigenvalue weighted by Gasteiger charge is -2.31. The molecule has 1 aromatic heterocycles. The summed E-state index contributed by atoms with van der Waals surface area (Å²) in [5, 5.41) is 13.1. The van der Waals surface area contributed by atoms with Crippen LogP contribution in [0.3, 0.4) is 0 Å². The van der Waals surface area contributed by atoms with E-state index in [1.165, 1.54) is 5.56 Å². The number of hydrogen-bond donors (Lipinski definition) is 2. The summed E-state index contributed by atoms with van der Waals surface area (Å²) in [4.78, 5) is 23.4. The van der Waals surface area contributed by atoms with Gasteiger partial charge in [-0.05, 0) is 48.6 Å². The van der Waals surface area contributed by atoms with E-state index in [0.717, 1.165) is 37.9 Å². The van der Waals surface area contributed by atoms with Crippen molar-refractivity contribution in [3.63, 3.8) is 0 Å². The third-order valence-corrected chi connectivity index (χ3v) is 5.27. The lowest BCUT2D eigenvalue weighted by atomic mass is 9.96. The van der Waals surface area contributed by atoms with Crippen molar-refractivity contribution in [2.75, 3.05) is 23.3 Å². The van der Waals surface area contributed by atoms with Crippen LogP contribution in [-0.2, 0) is 11.2 Å². The van der Waals surface area contributed by atoms with Gasteiger partial charge in [0, 0.05) is 31.4 Å². The highest BCUT2D eigenvalue weighted by Gasteiger charge is 2.26. The van der Waals surface area contributed by atoms with Crippen LogP contribution >= 0.6 is 0 Å². The molecule has 2 aromatic carbocycles. The second-order valence-electron chi connectivity index (χ2n) is 7.31. The average molecular weight is 388 g/mol. The molecule has 0 spiro atoms. The SMILES string of the molecule is O=C(Nc1cc(Cc2ccccc2)ccc1O)C1CCN(c2ncccn2)CC1. The number of aromatic nitrogens is 2. The molecule has 3 aromatic rings. The highest BCUT2D eigenvalue weighted by atomic mass is 16.3. The number of phenols is 1. The van der Waals surface area contributed by atoms with Crippen molar-refractivity contribution in [2.45, 2.75) is 19.3 Å². The zero-order valence-corrected chi connectivity index (χ0v) is 16.2. The monoisotopic (exact) mass is 388 g/mol. The number of anilines is 2. The maximum atomic E-state index is 12.8. The van der Waals surface area contributed by atoms with Gasteiger partial charge in [0.15, 0.2) is 0 Å². The second-order valence-corrected chi connectivity index (χ2v) is 7.31. The molecule has 2 N–H and O–H groups in total. The minimum absolute atomic E-state index is 0.0502. The van der Waals surface area contributed by atoms with Crippen LogP contribution < -0.4 is 10.2 Å². The first kappa shape index (κ1) is 18.9. The number of nitrogens with one attached hydrogen (secondary N) is 1. The van der Waals surface area contributed by atoms with E-state index in [1.54, 1.807) is 24.5 Å². The van der Waals surface area contributed by atoms with E-state index in [4.69, 9.17) is 0 Å². The molecule has 2 heterocycles. The molecule has 0 radical (unpaired) electrons. The van der Waals surface area contributed by atoms with Crippen LogP contribution in [0.4, 0.5) is 11.6 Å². The lowest BCUT2D eigenvalue weighted by Crippen LogP contribution is -2.39. The van der Waals surface area contributed by atoms with Gasteiger partial charge in [-0.3, -0.25) is 4.79 Å². The molecule has 148 valence electrons. The maximum absolute atomic E-state index is 12.8. The molecule has 6 heteroatoms. The Kier molecular flexibility index (Phi) is 5.70. The van der Waals surface area contributed by atoms with Crippen molar-refractivity contribution >= 4 is 17.5 Å². The fourth-order valence-corrected chi connectivity index (χ4v) is 3.66. The Bertz CT molecular complexity index is 955. The third kappa shape index (κ3) is 4.71. The molecule has 0 saturated carbocycles. The van der Waals surface area contributed by atoms with Crippen molar-refractivity contribution in [1.29, 1.82) is 0 Å². The van der Waals surface area contributed by atoms with E-state index in [-0.39, 0.29) is 17.6 Å². The van der Waals surface area contributed by atoms with E-state index in [0.29, 0.717) is 11.6 Å². The number of aromatic hydroxyl groups is 1. The minimum Gasteiger partial charge on any atom is -0.506 e. The molecule has 1 aliphatic heterocycles. The Labute approximate surface area is 170 Å². The first-order valence-electron chi connectivity index (χ1n) is 9.88. The van der Waals surface area contributed by atoms with Crippen molar-refractivity contribution in [1.82, 2.24) is 9.97 Å². The predicted molar refractivity (Wildman–Crippen MR) is 113 cm³/mol. The number of amides is 1. The molecule has 0 aliphatic carbocycles. The molecule has 29 heavy (non-hydrogen) atoms. The summed E-state index contributed by atoms with van der Waals surface area (Å²) in [6.07, 6.45) is 5.67. The summed E-state index contributed by atoms with van der Waals surface area (Å²) in [6.45, 7) is 1.48. The van der Waals surface area contributed by atoms with Crippen LogP contribution in [0.2, 0.25) is 0 Å². The van der Waals surface area contributed by atoms with Gasteiger partial charge in [0.1, 0.15) is 5.75 Å². The normalized spacial score (nSPS) is 14.6. The van der Waals surface area contributed by atoms with E-state index in [2.05, 4.69) is 32.3 Å². The largest absolute Gasteiger partial charge is 0.506 e. The van der Waals surface area contributed by atoms with Gasteiger partial charge >= 0.3 is 0 Å². The first-order valence-corrected chi connectivity index (χ1v) is 9.88. The first-order chi connectivity index (χ1) is 14.2. The van der Waals surface area contributed by atoms with E-state index >= 15 is 0 Å². The highest BCUT2D eigenvalue weighted by Crippen LogP contribution is 2.28. The number of piperidine rings is 1. The van der Waals surface area contributed by atoms with Gasteiger partial charge in [0.2, 0.25) is 11.9 Å². The number of rotatable bonds is 5. The van der Waals surface area contributed by atoms with Crippen LogP contribution in [0.5, 0.6) is 5.75 Å². The summed E-state index contributed by atoms with van der Waals surface area (Å²) < 4.78 is 0. The van der Waals surface area contributed by atoms with E-state index in [1.807, 2.05) is 30.3 Å². The highest BCUT2D eigenvalue weighted by molar-refractivity contribution is 5.94. The van der Waals surface area contributed by atoms with Gasteiger partial charge in [-0.2, -0.15) is 0 Å². The van der Waals surface area contributed by atoms with Gasteiger partial charge < -0.3 is 15.3 Å². The molecular weight excluding hydrogens is 364 g/mol. The van der Waals surface area contributed by atoms with Gasteiger partial charge in [-0.25, -0.2) is 9.97 Å². The van der Waals surface area contributed by atoms with Crippen LogP contribution in [0.1, 0.15) is 24.0 Å². The maximum Gasteiger partial charge on any atom is 0.227 e. The second kappa shape index (κ2) is 8.73. The van der Waals surface area contributed by atoms with Crippen molar-refractivity contribution in [2.24, 2.45) is 5.92 Å². The van der Waals surface area contributed by atoms with Gasteiger partial charge in [-0.15, -0.1) is 0 Å². The number of hydrogen-bond acceptors (Lipinski definition) is 5. The molecule has 1 amide bonds. The molecule has 1 aliphatic rings.